The van der Waals surface area contributed by atoms with Gasteiger partial charge in [-0.05, 0) is 0 Å². The molecule has 0 aromatic carbocycles. The highest BCUT2D eigenvalue weighted by atomic mass is 32.2. The molecule has 0 aliphatic carbocycles. The normalized spacial score (nSPS) is 9.07. The fourth-order valence-corrected chi connectivity index (χ4v) is 1.23. The molecule has 0 aromatic rings. The highest BCUT2D eigenvalue weighted by Gasteiger charge is 1.97. The van der Waals surface area contributed by atoms with Crippen molar-refractivity contribution in [3.63, 3.8) is 0 Å². The number of thioether (sulfide) groups is 1. The third kappa shape index (κ3) is 9.08. The zero-order valence-electron chi connectivity index (χ0n) is 8.44. The molecule has 0 saturated heterocycles. The molecule has 84 valence electrons. The lowest BCUT2D eigenvalue weighted by molar-refractivity contribution is -0.137. The molecule has 0 unspecified atom stereocenters. The number of carbonyl (C=O) groups excluding carboxylic acids is 2. The van der Waals surface area contributed by atoms with E-state index in [9.17, 15) is 9.59 Å². The predicted octanol–water partition coefficient (Wildman–Crippen LogP) is 1.18. The Morgan fingerprint density at radius 3 is 1.73 bits per heavy atom. The molecule has 0 fully saturated rings. The molecule has 0 heterocycles. The van der Waals surface area contributed by atoms with Gasteiger partial charge in [0.05, 0.1) is 0 Å². The fourth-order valence-electron chi connectivity index (χ4n) is 0.622. The Morgan fingerprint density at radius 2 is 1.40 bits per heavy atom. The molecule has 15 heavy (non-hydrogen) atoms. The second kappa shape index (κ2) is 9.33. The molecule has 0 radical (unpaired) electrons. The molecule has 0 amide bonds. The highest BCUT2D eigenvalue weighted by Crippen LogP contribution is 1.99. The first-order valence-electron chi connectivity index (χ1n) is 4.37. The number of carbonyl (C=O) groups is 2. The molecule has 0 saturated carbocycles. The number of esters is 2. The standard InChI is InChI=1S/C10H14O4S/c1-3-9(11)13-5-7-15-8-6-14-10(12)4-2/h3-4H,1-2,5-8H2. The summed E-state index contributed by atoms with van der Waals surface area (Å²) in [5.74, 6) is 0.499. The second-order valence-corrected chi connectivity index (χ2v) is 3.58. The molecule has 0 atom stereocenters. The average Bonchev–Trinajstić information content (AvgIpc) is 2.26. The van der Waals surface area contributed by atoms with Crippen LogP contribution in [-0.4, -0.2) is 36.7 Å². The van der Waals surface area contributed by atoms with Gasteiger partial charge in [-0.1, -0.05) is 13.2 Å². The minimum atomic E-state index is -0.423. The van der Waals surface area contributed by atoms with Crippen LogP contribution in [0, 0.1) is 0 Å². The van der Waals surface area contributed by atoms with Crippen molar-refractivity contribution in [1.82, 2.24) is 0 Å². The van der Waals surface area contributed by atoms with Crippen LogP contribution in [0.1, 0.15) is 0 Å². The maximum Gasteiger partial charge on any atom is 0.330 e. The fraction of sp³-hybridized carbons (Fsp3) is 0.400. The van der Waals surface area contributed by atoms with Crippen LogP contribution >= 0.6 is 11.8 Å². The molecule has 5 heteroatoms. The van der Waals surface area contributed by atoms with Crippen molar-refractivity contribution in [2.45, 2.75) is 0 Å². The molecule has 0 spiro atoms. The van der Waals surface area contributed by atoms with Crippen LogP contribution in [0.3, 0.4) is 0 Å². The number of hydrogen-bond acceptors (Lipinski definition) is 5. The first kappa shape index (κ1) is 13.8. The van der Waals surface area contributed by atoms with Crippen molar-refractivity contribution in [3.8, 4) is 0 Å². The number of hydrogen-bond donors (Lipinski definition) is 0. The van der Waals surface area contributed by atoms with Crippen molar-refractivity contribution < 1.29 is 19.1 Å². The SMILES string of the molecule is C=CC(=O)OCCSCCOC(=O)C=C. The van der Waals surface area contributed by atoms with Gasteiger partial charge in [0.15, 0.2) is 0 Å². The van der Waals surface area contributed by atoms with Gasteiger partial charge in [0.1, 0.15) is 13.2 Å². The van der Waals surface area contributed by atoms with E-state index in [0.717, 1.165) is 12.2 Å². The van der Waals surface area contributed by atoms with Crippen molar-refractivity contribution in [2.24, 2.45) is 0 Å². The quantitative estimate of drug-likeness (QED) is 0.356. The molecule has 4 nitrogen and oxygen atoms in total. The Morgan fingerprint density at radius 1 is 1.00 bits per heavy atom. The summed E-state index contributed by atoms with van der Waals surface area (Å²) in [6, 6.07) is 0. The van der Waals surface area contributed by atoms with Gasteiger partial charge in [-0.15, -0.1) is 0 Å². The summed E-state index contributed by atoms with van der Waals surface area (Å²) in [5.41, 5.74) is 0. The topological polar surface area (TPSA) is 52.6 Å². The average molecular weight is 230 g/mol. The summed E-state index contributed by atoms with van der Waals surface area (Å²) in [6.07, 6.45) is 2.24. The van der Waals surface area contributed by atoms with Crippen LogP contribution < -0.4 is 0 Å². The van der Waals surface area contributed by atoms with Crippen LogP contribution in [0.25, 0.3) is 0 Å². The Kier molecular flexibility index (Phi) is 8.56. The maximum atomic E-state index is 10.6. The Bertz CT molecular complexity index is 214. The Balaban J connectivity index is 3.18. The van der Waals surface area contributed by atoms with Crippen LogP contribution in [0.5, 0.6) is 0 Å². The molecule has 0 N–H and O–H groups in total. The predicted molar refractivity (Wildman–Crippen MR) is 59.6 cm³/mol. The molecule has 0 aromatic heterocycles. The summed E-state index contributed by atoms with van der Waals surface area (Å²) in [4.78, 5) is 21.2. The van der Waals surface area contributed by atoms with Gasteiger partial charge >= 0.3 is 11.9 Å². The highest BCUT2D eigenvalue weighted by molar-refractivity contribution is 7.99. The minimum absolute atomic E-state index is 0.338. The van der Waals surface area contributed by atoms with Gasteiger partial charge in [-0.3, -0.25) is 0 Å². The van der Waals surface area contributed by atoms with E-state index in [1.54, 1.807) is 0 Å². The molecular formula is C10H14O4S. The van der Waals surface area contributed by atoms with Crippen LogP contribution in [0.4, 0.5) is 0 Å². The van der Waals surface area contributed by atoms with Gasteiger partial charge in [-0.2, -0.15) is 11.8 Å². The van der Waals surface area contributed by atoms with Crippen LogP contribution in [0.15, 0.2) is 25.3 Å². The molecule has 0 rings (SSSR count). The third-order valence-corrected chi connectivity index (χ3v) is 2.19. The van der Waals surface area contributed by atoms with Crippen molar-refractivity contribution in [1.29, 1.82) is 0 Å². The molecule has 0 bridgehead atoms. The smallest absolute Gasteiger partial charge is 0.330 e. The lowest BCUT2D eigenvalue weighted by Crippen LogP contribution is -2.07. The van der Waals surface area contributed by atoms with Gasteiger partial charge in [0, 0.05) is 23.7 Å². The van der Waals surface area contributed by atoms with E-state index < -0.39 is 11.9 Å². The van der Waals surface area contributed by atoms with Crippen LogP contribution in [-0.2, 0) is 19.1 Å². The Labute approximate surface area is 93.3 Å². The van der Waals surface area contributed by atoms with E-state index in [4.69, 9.17) is 9.47 Å². The summed E-state index contributed by atoms with van der Waals surface area (Å²) in [5, 5.41) is 0. The third-order valence-electron chi connectivity index (χ3n) is 1.28. The lowest BCUT2D eigenvalue weighted by Gasteiger charge is -2.02. The van der Waals surface area contributed by atoms with E-state index in [1.807, 2.05) is 0 Å². The van der Waals surface area contributed by atoms with Crippen molar-refractivity contribution in [2.75, 3.05) is 24.7 Å². The van der Waals surface area contributed by atoms with E-state index >= 15 is 0 Å². The molecule has 0 aliphatic rings. The van der Waals surface area contributed by atoms with E-state index in [1.165, 1.54) is 11.8 Å². The number of rotatable bonds is 8. The van der Waals surface area contributed by atoms with Gasteiger partial charge in [0.2, 0.25) is 0 Å². The van der Waals surface area contributed by atoms with Crippen LogP contribution in [0.2, 0.25) is 0 Å². The zero-order valence-corrected chi connectivity index (χ0v) is 9.26. The minimum Gasteiger partial charge on any atom is -0.462 e. The molecule has 0 aliphatic heterocycles. The van der Waals surface area contributed by atoms with Gasteiger partial charge in [-0.25, -0.2) is 9.59 Å². The maximum absolute atomic E-state index is 10.6. The second-order valence-electron chi connectivity index (χ2n) is 2.36. The summed E-state index contributed by atoms with van der Waals surface area (Å²) in [7, 11) is 0. The van der Waals surface area contributed by atoms with Gasteiger partial charge < -0.3 is 9.47 Å². The first-order chi connectivity index (χ1) is 7.20. The van der Waals surface area contributed by atoms with E-state index in [-0.39, 0.29) is 0 Å². The van der Waals surface area contributed by atoms with Gasteiger partial charge in [0.25, 0.3) is 0 Å². The zero-order chi connectivity index (χ0) is 11.5. The van der Waals surface area contributed by atoms with Crippen molar-refractivity contribution in [3.05, 3.63) is 25.3 Å². The largest absolute Gasteiger partial charge is 0.462 e. The Hall–Kier alpha value is -1.23. The summed E-state index contributed by atoms with van der Waals surface area (Å²) < 4.78 is 9.48. The van der Waals surface area contributed by atoms with Crippen molar-refractivity contribution >= 4 is 23.7 Å². The number of ether oxygens (including phenoxy) is 2. The summed E-state index contributed by atoms with van der Waals surface area (Å²) >= 11 is 1.54. The summed E-state index contributed by atoms with van der Waals surface area (Å²) in [6.45, 7) is 7.22. The van der Waals surface area contributed by atoms with E-state index in [2.05, 4.69) is 13.2 Å². The molecular weight excluding hydrogens is 216 g/mol. The van der Waals surface area contributed by atoms with E-state index in [0.29, 0.717) is 24.7 Å². The first-order valence-corrected chi connectivity index (χ1v) is 5.52. The lowest BCUT2D eigenvalue weighted by atomic mass is 10.6. The monoisotopic (exact) mass is 230 g/mol.